The highest BCUT2D eigenvalue weighted by Crippen LogP contribution is 2.27. The summed E-state index contributed by atoms with van der Waals surface area (Å²) in [6.07, 6.45) is 2.21. The summed E-state index contributed by atoms with van der Waals surface area (Å²) < 4.78 is 16.5. The van der Waals surface area contributed by atoms with E-state index >= 15 is 0 Å². The SMILES string of the molecule is COc1cc(OC)nc(Oc2ccccc2C(=O)N[N+]2(C)CCCC2)n1. The molecule has 0 bridgehead atoms. The van der Waals surface area contributed by atoms with Gasteiger partial charge >= 0.3 is 6.01 Å². The van der Waals surface area contributed by atoms with Gasteiger partial charge in [-0.15, -0.1) is 0 Å². The zero-order valence-corrected chi connectivity index (χ0v) is 15.2. The van der Waals surface area contributed by atoms with E-state index in [-0.39, 0.29) is 11.9 Å². The number of hydrogen-bond acceptors (Lipinski definition) is 6. The van der Waals surface area contributed by atoms with Crippen LogP contribution in [0.2, 0.25) is 0 Å². The minimum absolute atomic E-state index is 0.0445. The summed E-state index contributed by atoms with van der Waals surface area (Å²) in [6.45, 7) is 1.84. The van der Waals surface area contributed by atoms with Crippen molar-refractivity contribution in [2.75, 3.05) is 34.4 Å². The van der Waals surface area contributed by atoms with Gasteiger partial charge in [0.2, 0.25) is 11.8 Å². The number of benzene rings is 1. The summed E-state index contributed by atoms with van der Waals surface area (Å²) in [5.41, 5.74) is 3.49. The van der Waals surface area contributed by atoms with E-state index < -0.39 is 0 Å². The minimum Gasteiger partial charge on any atom is -0.481 e. The molecular weight excluding hydrogens is 336 g/mol. The van der Waals surface area contributed by atoms with Crippen molar-refractivity contribution in [2.45, 2.75) is 12.8 Å². The Labute approximate surface area is 152 Å². The van der Waals surface area contributed by atoms with Crippen LogP contribution in [-0.4, -0.2) is 54.8 Å². The van der Waals surface area contributed by atoms with E-state index in [2.05, 4.69) is 15.4 Å². The Morgan fingerprint density at radius 1 is 1.08 bits per heavy atom. The highest BCUT2D eigenvalue weighted by atomic mass is 16.5. The Morgan fingerprint density at radius 2 is 1.69 bits per heavy atom. The van der Waals surface area contributed by atoms with Gasteiger partial charge in [-0.25, -0.2) is 4.59 Å². The largest absolute Gasteiger partial charge is 0.481 e. The molecule has 8 heteroatoms. The van der Waals surface area contributed by atoms with Crippen molar-refractivity contribution < 1.29 is 23.6 Å². The molecule has 3 rings (SSSR count). The summed E-state index contributed by atoms with van der Waals surface area (Å²) >= 11 is 0. The molecule has 0 unspecified atom stereocenters. The summed E-state index contributed by atoms with van der Waals surface area (Å²) in [4.78, 5) is 21.0. The van der Waals surface area contributed by atoms with Crippen LogP contribution in [-0.2, 0) is 0 Å². The molecule has 2 heterocycles. The molecule has 1 amide bonds. The molecule has 1 fully saturated rings. The zero-order chi connectivity index (χ0) is 18.6. The average Bonchev–Trinajstić information content (AvgIpc) is 3.07. The Hall–Kier alpha value is -2.87. The Morgan fingerprint density at radius 3 is 2.31 bits per heavy atom. The maximum atomic E-state index is 12.8. The highest BCUT2D eigenvalue weighted by Gasteiger charge is 2.30. The quantitative estimate of drug-likeness (QED) is 0.796. The van der Waals surface area contributed by atoms with E-state index in [1.54, 1.807) is 30.3 Å². The van der Waals surface area contributed by atoms with Crippen LogP contribution in [0.25, 0.3) is 0 Å². The number of nitrogens with one attached hydrogen (secondary N) is 1. The molecule has 1 aliphatic heterocycles. The van der Waals surface area contributed by atoms with Gasteiger partial charge in [-0.3, -0.25) is 4.79 Å². The molecular formula is C18H23N4O4+. The van der Waals surface area contributed by atoms with Gasteiger partial charge in [0.05, 0.1) is 32.9 Å². The third-order valence-corrected chi connectivity index (χ3v) is 4.33. The van der Waals surface area contributed by atoms with Crippen LogP contribution < -0.4 is 19.6 Å². The Balaban J connectivity index is 1.84. The lowest BCUT2D eigenvalue weighted by Gasteiger charge is -2.28. The van der Waals surface area contributed by atoms with Gasteiger partial charge in [-0.2, -0.15) is 15.4 Å². The second-order valence-electron chi connectivity index (χ2n) is 6.32. The lowest BCUT2D eigenvalue weighted by molar-refractivity contribution is -0.931. The normalized spacial score (nSPS) is 15.3. The van der Waals surface area contributed by atoms with Crippen LogP contribution in [0, 0.1) is 0 Å². The second-order valence-corrected chi connectivity index (χ2v) is 6.32. The van der Waals surface area contributed by atoms with Crippen LogP contribution in [0.5, 0.6) is 23.5 Å². The number of hydrogen-bond donors (Lipinski definition) is 1. The molecule has 0 aliphatic carbocycles. The smallest absolute Gasteiger partial charge is 0.328 e. The lowest BCUT2D eigenvalue weighted by atomic mass is 10.2. The fraction of sp³-hybridized carbons (Fsp3) is 0.389. The number of aromatic nitrogens is 2. The first-order valence-corrected chi connectivity index (χ1v) is 8.44. The van der Waals surface area contributed by atoms with E-state index in [9.17, 15) is 4.79 Å². The topological polar surface area (TPSA) is 82.6 Å². The van der Waals surface area contributed by atoms with E-state index in [4.69, 9.17) is 14.2 Å². The molecule has 8 nitrogen and oxygen atoms in total. The van der Waals surface area contributed by atoms with Gasteiger partial charge in [0.15, 0.2) is 0 Å². The maximum absolute atomic E-state index is 12.8. The number of quaternary nitrogens is 1. The second kappa shape index (κ2) is 7.57. The maximum Gasteiger partial charge on any atom is 0.328 e. The first-order chi connectivity index (χ1) is 12.5. The number of nitrogens with zero attached hydrogens (tertiary/aromatic N) is 3. The van der Waals surface area contributed by atoms with Crippen molar-refractivity contribution in [3.8, 4) is 23.5 Å². The first kappa shape index (κ1) is 17.9. The van der Waals surface area contributed by atoms with Gasteiger partial charge in [-0.1, -0.05) is 12.1 Å². The fourth-order valence-corrected chi connectivity index (χ4v) is 2.93. The number of rotatable bonds is 6. The summed E-state index contributed by atoms with van der Waals surface area (Å²) in [7, 11) is 5.00. The van der Waals surface area contributed by atoms with Gasteiger partial charge < -0.3 is 14.2 Å². The molecule has 1 N–H and O–H groups in total. The summed E-state index contributed by atoms with van der Waals surface area (Å²) in [5, 5.41) is 0. The lowest BCUT2D eigenvalue weighted by Crippen LogP contribution is -2.55. The first-order valence-electron chi connectivity index (χ1n) is 8.44. The predicted octanol–water partition coefficient (Wildman–Crippen LogP) is 2.17. The van der Waals surface area contributed by atoms with Gasteiger partial charge in [0.25, 0.3) is 5.91 Å². The predicted molar refractivity (Wildman–Crippen MR) is 94.3 cm³/mol. The number of methoxy groups -OCH3 is 2. The number of ether oxygens (including phenoxy) is 3. The molecule has 0 atom stereocenters. The van der Waals surface area contributed by atoms with Crippen LogP contribution >= 0.6 is 0 Å². The van der Waals surface area contributed by atoms with Gasteiger partial charge in [0.1, 0.15) is 18.8 Å². The third-order valence-electron chi connectivity index (χ3n) is 4.33. The van der Waals surface area contributed by atoms with Gasteiger partial charge in [0, 0.05) is 12.8 Å². The molecule has 0 saturated carbocycles. The Kier molecular flexibility index (Phi) is 5.22. The van der Waals surface area contributed by atoms with Crippen molar-refractivity contribution in [3.05, 3.63) is 35.9 Å². The number of likely N-dealkylation sites (tertiary alicyclic amines) is 1. The van der Waals surface area contributed by atoms with Crippen molar-refractivity contribution in [1.82, 2.24) is 15.4 Å². The standard InChI is InChI=1S/C18H22N4O4/c1-22(10-6-7-11-22)21-17(23)13-8-4-5-9-14(13)26-18-19-15(24-2)12-16(20-18)25-3/h4-5,8-9,12H,6-7,10-11H2,1-3H3/p+1. The molecule has 0 spiro atoms. The highest BCUT2D eigenvalue weighted by molar-refractivity contribution is 5.96. The molecule has 2 aromatic rings. The molecule has 138 valence electrons. The molecule has 0 radical (unpaired) electrons. The van der Waals surface area contributed by atoms with Crippen LogP contribution in [0.4, 0.5) is 0 Å². The fourth-order valence-electron chi connectivity index (χ4n) is 2.93. The summed E-state index contributed by atoms with van der Waals surface area (Å²) in [6, 6.07) is 8.58. The van der Waals surface area contributed by atoms with Crippen molar-refractivity contribution >= 4 is 5.91 Å². The van der Waals surface area contributed by atoms with E-state index in [0.29, 0.717) is 27.7 Å². The molecule has 1 aromatic heterocycles. The number of carbonyl (C=O) groups excluding carboxylic acids is 1. The number of amides is 1. The van der Waals surface area contributed by atoms with E-state index in [0.717, 1.165) is 25.9 Å². The number of para-hydroxylation sites is 1. The third kappa shape index (κ3) is 4.02. The summed E-state index contributed by atoms with van der Waals surface area (Å²) in [5.74, 6) is 0.791. The van der Waals surface area contributed by atoms with Crippen LogP contribution in [0.15, 0.2) is 30.3 Å². The van der Waals surface area contributed by atoms with Crippen molar-refractivity contribution in [3.63, 3.8) is 0 Å². The van der Waals surface area contributed by atoms with Crippen molar-refractivity contribution in [1.29, 1.82) is 0 Å². The zero-order valence-electron chi connectivity index (χ0n) is 15.2. The Bertz CT molecular complexity index is 768. The molecule has 1 saturated heterocycles. The van der Waals surface area contributed by atoms with E-state index in [1.807, 2.05) is 7.05 Å². The molecule has 26 heavy (non-hydrogen) atoms. The van der Waals surface area contributed by atoms with Gasteiger partial charge in [-0.05, 0) is 12.1 Å². The average molecular weight is 359 g/mol. The minimum atomic E-state index is -0.195. The number of carbonyl (C=O) groups is 1. The monoisotopic (exact) mass is 359 g/mol. The van der Waals surface area contributed by atoms with Crippen LogP contribution in [0.1, 0.15) is 23.2 Å². The van der Waals surface area contributed by atoms with Crippen LogP contribution in [0.3, 0.4) is 0 Å². The van der Waals surface area contributed by atoms with Crippen molar-refractivity contribution in [2.24, 2.45) is 0 Å². The van der Waals surface area contributed by atoms with E-state index in [1.165, 1.54) is 14.2 Å². The molecule has 1 aliphatic rings. The molecule has 1 aromatic carbocycles.